The van der Waals surface area contributed by atoms with Crippen LogP contribution in [-0.2, 0) is 4.79 Å². The van der Waals surface area contributed by atoms with Gasteiger partial charge in [-0.3, -0.25) is 0 Å². The lowest BCUT2D eigenvalue weighted by atomic mass is 10.1. The second-order valence-electron chi connectivity index (χ2n) is 3.51. The Morgan fingerprint density at radius 1 is 1.19 bits per heavy atom. The zero-order valence-corrected chi connectivity index (χ0v) is 9.81. The molecule has 0 bridgehead atoms. The van der Waals surface area contributed by atoms with Gasteiger partial charge in [0.15, 0.2) is 5.34 Å². The maximum absolute atomic E-state index is 10.4. The van der Waals surface area contributed by atoms with Crippen LogP contribution in [0.2, 0.25) is 0 Å². The summed E-state index contributed by atoms with van der Waals surface area (Å²) in [6.45, 7) is 5.68. The van der Waals surface area contributed by atoms with Crippen molar-refractivity contribution in [1.29, 1.82) is 0 Å². The summed E-state index contributed by atoms with van der Waals surface area (Å²) in [6.07, 6.45) is 7.78. The molecule has 0 aliphatic rings. The molecule has 0 aromatic carbocycles. The van der Waals surface area contributed by atoms with Gasteiger partial charge in [-0.15, -0.1) is 4.91 Å². The van der Waals surface area contributed by atoms with E-state index in [9.17, 15) is 4.79 Å². The van der Waals surface area contributed by atoms with Crippen LogP contribution >= 0.6 is 0 Å². The van der Waals surface area contributed by atoms with Gasteiger partial charge < -0.3 is 10.3 Å². The van der Waals surface area contributed by atoms with Crippen LogP contribution in [0, 0.1) is 4.91 Å². The number of aliphatic carboxylic acids is 1. The van der Waals surface area contributed by atoms with E-state index in [1.54, 1.807) is 0 Å². The van der Waals surface area contributed by atoms with Gasteiger partial charge in [0.2, 0.25) is 0 Å². The predicted octanol–water partition coefficient (Wildman–Crippen LogP) is 3.52. The van der Waals surface area contributed by atoms with Crippen molar-refractivity contribution in [1.82, 2.24) is 0 Å². The molecule has 0 spiro atoms. The van der Waals surface area contributed by atoms with E-state index in [1.165, 1.54) is 31.0 Å². The summed E-state index contributed by atoms with van der Waals surface area (Å²) in [5.41, 5.74) is 0.343. The van der Waals surface area contributed by atoms with Crippen molar-refractivity contribution in [2.24, 2.45) is 5.34 Å². The van der Waals surface area contributed by atoms with E-state index < -0.39 is 5.97 Å². The second-order valence-corrected chi connectivity index (χ2v) is 3.51. The highest BCUT2D eigenvalue weighted by Crippen LogP contribution is 2.10. The number of hydrogen-bond donors (Lipinski definition) is 2. The molecule has 0 heterocycles. The summed E-state index contributed by atoms with van der Waals surface area (Å²) in [5, 5.41) is 16.4. The van der Waals surface area contributed by atoms with Gasteiger partial charge in [0, 0.05) is 5.57 Å². The van der Waals surface area contributed by atoms with Crippen molar-refractivity contribution in [2.45, 2.75) is 51.9 Å². The normalized spacial score (nSPS) is 8.81. The van der Waals surface area contributed by atoms with Crippen molar-refractivity contribution in [2.75, 3.05) is 0 Å². The highest BCUT2D eigenvalue weighted by Gasteiger charge is 2.02. The lowest BCUT2D eigenvalue weighted by Crippen LogP contribution is -1.98. The zero-order chi connectivity index (χ0) is 12.8. The van der Waals surface area contributed by atoms with Gasteiger partial charge in [0.05, 0.1) is 0 Å². The number of carboxylic acid groups (broad SMARTS) is 1. The Morgan fingerprint density at radius 2 is 1.62 bits per heavy atom. The fraction of sp³-hybridized carbons (Fsp3) is 0.727. The number of unbranched alkanes of at least 4 members (excludes halogenated alkanes) is 5. The minimum Gasteiger partial charge on any atom is -0.478 e. The molecule has 5 heteroatoms. The zero-order valence-electron chi connectivity index (χ0n) is 9.81. The van der Waals surface area contributed by atoms with E-state index >= 15 is 0 Å². The summed E-state index contributed by atoms with van der Waals surface area (Å²) in [6, 6.07) is 0. The molecule has 0 fully saturated rings. The van der Waals surface area contributed by atoms with E-state index in [2.05, 4.69) is 13.5 Å². The van der Waals surface area contributed by atoms with Crippen molar-refractivity contribution in [3.05, 3.63) is 17.1 Å². The third-order valence-electron chi connectivity index (χ3n) is 2.13. The number of hydrogen-bond acceptors (Lipinski definition) is 3. The maximum Gasteiger partial charge on any atom is 0.330 e. The summed E-state index contributed by atoms with van der Waals surface area (Å²) < 4.78 is 0. The Labute approximate surface area is 96.1 Å². The minimum absolute atomic E-state index is 0.343. The Morgan fingerprint density at radius 3 is 2.06 bits per heavy atom. The van der Waals surface area contributed by atoms with E-state index in [0.29, 0.717) is 12.0 Å². The molecule has 0 aliphatic heterocycles. The first-order chi connectivity index (χ1) is 7.59. The molecule has 0 saturated carbocycles. The molecule has 0 unspecified atom stereocenters. The van der Waals surface area contributed by atoms with Crippen LogP contribution in [0.4, 0.5) is 0 Å². The van der Waals surface area contributed by atoms with Crippen molar-refractivity contribution >= 4 is 5.97 Å². The van der Waals surface area contributed by atoms with E-state index in [4.69, 9.17) is 15.2 Å². The topological polar surface area (TPSA) is 87.0 Å². The van der Waals surface area contributed by atoms with Crippen LogP contribution in [0.1, 0.15) is 51.9 Å². The van der Waals surface area contributed by atoms with Gasteiger partial charge in [-0.25, -0.2) is 4.79 Å². The smallest absolute Gasteiger partial charge is 0.330 e. The Hall–Kier alpha value is -1.39. The molecule has 16 heavy (non-hydrogen) atoms. The fourth-order valence-corrected chi connectivity index (χ4v) is 1.23. The predicted molar refractivity (Wildman–Crippen MR) is 62.4 cm³/mol. The third kappa shape index (κ3) is 15.1. The van der Waals surface area contributed by atoms with Crippen LogP contribution in [0.5, 0.6) is 0 Å². The first-order valence-corrected chi connectivity index (χ1v) is 5.47. The van der Waals surface area contributed by atoms with Crippen molar-refractivity contribution in [3.63, 3.8) is 0 Å². The van der Waals surface area contributed by atoms with Gasteiger partial charge in [-0.05, 0) is 12.8 Å². The summed E-state index contributed by atoms with van der Waals surface area (Å²) in [4.78, 5) is 18.5. The molecule has 0 amide bonds. The fourth-order valence-electron chi connectivity index (χ4n) is 1.23. The van der Waals surface area contributed by atoms with Gasteiger partial charge in [-0.1, -0.05) is 45.6 Å². The van der Waals surface area contributed by atoms with Crippen LogP contribution in [0.25, 0.3) is 0 Å². The quantitative estimate of drug-likeness (QED) is 0.289. The van der Waals surface area contributed by atoms with Crippen LogP contribution in [0.3, 0.4) is 0 Å². The monoisotopic (exact) mass is 231 g/mol. The molecule has 2 N–H and O–H groups in total. The van der Waals surface area contributed by atoms with Crippen LogP contribution in [-0.4, -0.2) is 16.3 Å². The first kappa shape index (κ1) is 17.0. The lowest BCUT2D eigenvalue weighted by molar-refractivity contribution is -0.132. The number of rotatable bonds is 8. The van der Waals surface area contributed by atoms with Gasteiger partial charge in [0.25, 0.3) is 0 Å². The summed E-state index contributed by atoms with van der Waals surface area (Å²) in [5.74, 6) is -0.853. The maximum atomic E-state index is 10.4. The standard InChI is InChI=1S/C11H20O2.HNO2/c1-3-4-5-6-7-8-9-10(2)11(12)13;2-1-3/h2-9H2,1H3,(H,12,13);(H,2,3). The molecule has 5 nitrogen and oxygen atoms in total. The second kappa shape index (κ2) is 13.6. The lowest BCUT2D eigenvalue weighted by Gasteiger charge is -2.00. The Bertz CT molecular complexity index is 204. The molecule has 94 valence electrons. The van der Waals surface area contributed by atoms with Crippen molar-refractivity contribution in [3.8, 4) is 0 Å². The molecule has 0 saturated heterocycles. The highest BCUT2D eigenvalue weighted by molar-refractivity contribution is 5.85. The van der Waals surface area contributed by atoms with E-state index in [1.807, 2.05) is 0 Å². The molecule has 0 aromatic rings. The molecule has 0 rings (SSSR count). The van der Waals surface area contributed by atoms with E-state index in [0.717, 1.165) is 12.8 Å². The Kier molecular flexibility index (Phi) is 14.5. The number of carbonyl (C=O) groups is 1. The summed E-state index contributed by atoms with van der Waals surface area (Å²) >= 11 is 0. The minimum atomic E-state index is -0.853. The molecular formula is C11H21NO4. The molecular weight excluding hydrogens is 210 g/mol. The summed E-state index contributed by atoms with van der Waals surface area (Å²) in [7, 11) is 0. The van der Waals surface area contributed by atoms with Crippen LogP contribution in [0.15, 0.2) is 17.5 Å². The third-order valence-corrected chi connectivity index (χ3v) is 2.13. The number of carboxylic acids is 1. The molecule has 0 atom stereocenters. The average molecular weight is 231 g/mol. The van der Waals surface area contributed by atoms with E-state index in [-0.39, 0.29) is 0 Å². The van der Waals surface area contributed by atoms with Crippen LogP contribution < -0.4 is 0 Å². The largest absolute Gasteiger partial charge is 0.478 e. The highest BCUT2D eigenvalue weighted by atomic mass is 16.6. The first-order valence-electron chi connectivity index (χ1n) is 5.47. The average Bonchev–Trinajstić information content (AvgIpc) is 2.24. The van der Waals surface area contributed by atoms with Gasteiger partial charge in [-0.2, -0.15) is 0 Å². The SMILES string of the molecule is C=C(CCCCCCCC)C(=O)O.O=NO. The molecule has 0 radical (unpaired) electrons. The van der Waals surface area contributed by atoms with Gasteiger partial charge in [0.1, 0.15) is 0 Å². The molecule has 0 aromatic heterocycles. The Balaban J connectivity index is 0. The molecule has 0 aliphatic carbocycles. The van der Waals surface area contributed by atoms with Gasteiger partial charge >= 0.3 is 5.97 Å². The van der Waals surface area contributed by atoms with Crippen molar-refractivity contribution < 1.29 is 15.1 Å². The number of nitrogens with zero attached hydrogens (tertiary/aromatic N) is 1.